The molecule has 0 aliphatic rings. The topological polar surface area (TPSA) is 103 Å². The Morgan fingerprint density at radius 2 is 2.16 bits per heavy atom. The molecule has 0 spiro atoms. The average molecular weight is 287 g/mol. The predicted molar refractivity (Wildman–Crippen MR) is 73.0 cm³/mol. The summed E-state index contributed by atoms with van der Waals surface area (Å²) in [7, 11) is -0.180. The summed E-state index contributed by atoms with van der Waals surface area (Å²) in [6.07, 6.45) is 2.55. The van der Waals surface area contributed by atoms with Gasteiger partial charge in [0.2, 0.25) is 0 Å². The van der Waals surface area contributed by atoms with Crippen LogP contribution in [0.4, 0.5) is 11.5 Å². The molecule has 0 aliphatic heterocycles. The van der Waals surface area contributed by atoms with Crippen LogP contribution in [0.25, 0.3) is 0 Å². The highest BCUT2D eigenvalue weighted by Gasteiger charge is 2.17. The third kappa shape index (κ3) is 4.40. The first kappa shape index (κ1) is 15.2. The number of hydrogen-bond acceptors (Lipinski definition) is 7. The summed E-state index contributed by atoms with van der Waals surface area (Å²) in [6.45, 7) is 0.222. The zero-order valence-corrected chi connectivity index (χ0v) is 11.9. The van der Waals surface area contributed by atoms with E-state index in [0.29, 0.717) is 11.5 Å². The van der Waals surface area contributed by atoms with Crippen molar-refractivity contribution in [2.75, 3.05) is 43.3 Å². The molecule has 0 saturated carbocycles. The molecule has 0 fully saturated rings. The van der Waals surface area contributed by atoms with Crippen LogP contribution in [0.2, 0.25) is 0 Å². The maximum atomic E-state index is 11.6. The molecule has 19 heavy (non-hydrogen) atoms. The summed E-state index contributed by atoms with van der Waals surface area (Å²) < 4.78 is 26.9. The lowest BCUT2D eigenvalue weighted by Gasteiger charge is -2.20. The molecule has 1 rings (SSSR count). The molecule has 2 N–H and O–H groups in total. The molecule has 1 aromatic rings. The Bertz CT molecular complexity index is 571. The SMILES string of the molecule is COC(=O)c1cc(N)cnc1N(C)CCS(C)(=O)=O. The number of aromatic nitrogens is 1. The third-order valence-corrected chi connectivity index (χ3v) is 3.38. The molecule has 0 bridgehead atoms. The van der Waals surface area contributed by atoms with Crippen LogP contribution >= 0.6 is 0 Å². The van der Waals surface area contributed by atoms with Crippen LogP contribution in [-0.4, -0.2) is 52.1 Å². The summed E-state index contributed by atoms with van der Waals surface area (Å²) in [4.78, 5) is 17.3. The number of nitrogen functional groups attached to an aromatic ring is 1. The number of methoxy groups -OCH3 is 1. The van der Waals surface area contributed by atoms with E-state index in [0.717, 1.165) is 6.26 Å². The molecule has 0 saturated heterocycles. The van der Waals surface area contributed by atoms with E-state index in [2.05, 4.69) is 9.72 Å². The number of esters is 1. The van der Waals surface area contributed by atoms with Gasteiger partial charge in [-0.3, -0.25) is 0 Å². The molecule has 0 aromatic carbocycles. The highest BCUT2D eigenvalue weighted by molar-refractivity contribution is 7.90. The molecule has 0 unspecified atom stereocenters. The molecule has 1 aromatic heterocycles. The Hall–Kier alpha value is -1.83. The molecule has 1 heterocycles. The highest BCUT2D eigenvalue weighted by atomic mass is 32.2. The minimum absolute atomic E-state index is 0.0316. The fourth-order valence-electron chi connectivity index (χ4n) is 1.45. The second kappa shape index (κ2) is 5.87. The first-order valence-corrected chi connectivity index (χ1v) is 7.53. The average Bonchev–Trinajstić information content (AvgIpc) is 2.34. The van der Waals surface area contributed by atoms with Gasteiger partial charge in [-0.05, 0) is 6.07 Å². The van der Waals surface area contributed by atoms with Crippen LogP contribution in [0.1, 0.15) is 10.4 Å². The number of rotatable bonds is 5. The Balaban J connectivity index is 3.02. The second-order valence-electron chi connectivity index (χ2n) is 4.18. The molecule has 8 heteroatoms. The summed E-state index contributed by atoms with van der Waals surface area (Å²) in [5, 5.41) is 0. The van der Waals surface area contributed by atoms with Crippen LogP contribution in [-0.2, 0) is 14.6 Å². The van der Waals surface area contributed by atoms with Crippen LogP contribution in [0.3, 0.4) is 0 Å². The Morgan fingerprint density at radius 3 is 2.68 bits per heavy atom. The largest absolute Gasteiger partial charge is 0.465 e. The number of nitrogens with two attached hydrogens (primary N) is 1. The minimum Gasteiger partial charge on any atom is -0.465 e. The Morgan fingerprint density at radius 1 is 1.53 bits per heavy atom. The molecule has 0 radical (unpaired) electrons. The van der Waals surface area contributed by atoms with Gasteiger partial charge in [-0.1, -0.05) is 0 Å². The maximum Gasteiger partial charge on any atom is 0.341 e. The zero-order valence-electron chi connectivity index (χ0n) is 11.1. The number of hydrogen-bond donors (Lipinski definition) is 1. The molecular weight excluding hydrogens is 270 g/mol. The number of nitrogens with zero attached hydrogens (tertiary/aromatic N) is 2. The fourth-order valence-corrected chi connectivity index (χ4v) is 2.05. The lowest BCUT2D eigenvalue weighted by Crippen LogP contribution is -2.27. The first-order chi connectivity index (χ1) is 8.74. The number of carbonyl (C=O) groups is 1. The van der Waals surface area contributed by atoms with Gasteiger partial charge < -0.3 is 15.4 Å². The van der Waals surface area contributed by atoms with Crippen molar-refractivity contribution < 1.29 is 17.9 Å². The van der Waals surface area contributed by atoms with E-state index in [9.17, 15) is 13.2 Å². The highest BCUT2D eigenvalue weighted by Crippen LogP contribution is 2.19. The van der Waals surface area contributed by atoms with E-state index in [4.69, 9.17) is 5.73 Å². The van der Waals surface area contributed by atoms with Crippen LogP contribution < -0.4 is 10.6 Å². The molecule has 0 amide bonds. The monoisotopic (exact) mass is 287 g/mol. The van der Waals surface area contributed by atoms with Gasteiger partial charge in [-0.2, -0.15) is 0 Å². The number of ether oxygens (including phenoxy) is 1. The van der Waals surface area contributed by atoms with Crippen molar-refractivity contribution in [3.8, 4) is 0 Å². The normalized spacial score (nSPS) is 11.1. The molecule has 0 aliphatic carbocycles. The lowest BCUT2D eigenvalue weighted by molar-refractivity contribution is 0.0601. The van der Waals surface area contributed by atoms with Crippen LogP contribution in [0, 0.1) is 0 Å². The van der Waals surface area contributed by atoms with Crippen molar-refractivity contribution in [3.63, 3.8) is 0 Å². The summed E-state index contributed by atoms with van der Waals surface area (Å²) in [5.41, 5.74) is 6.12. The summed E-state index contributed by atoms with van der Waals surface area (Å²) in [5.74, 6) is -0.262. The number of anilines is 2. The summed E-state index contributed by atoms with van der Waals surface area (Å²) >= 11 is 0. The van der Waals surface area contributed by atoms with Crippen molar-refractivity contribution in [3.05, 3.63) is 17.8 Å². The van der Waals surface area contributed by atoms with Crippen molar-refractivity contribution in [1.82, 2.24) is 4.98 Å². The van der Waals surface area contributed by atoms with Gasteiger partial charge in [0.25, 0.3) is 0 Å². The van der Waals surface area contributed by atoms with Gasteiger partial charge in [-0.15, -0.1) is 0 Å². The maximum absolute atomic E-state index is 11.6. The lowest BCUT2D eigenvalue weighted by atomic mass is 10.2. The van der Waals surface area contributed by atoms with Crippen molar-refractivity contribution in [2.24, 2.45) is 0 Å². The minimum atomic E-state index is -3.08. The van der Waals surface area contributed by atoms with Gasteiger partial charge in [-0.25, -0.2) is 18.2 Å². The van der Waals surface area contributed by atoms with Gasteiger partial charge in [0, 0.05) is 19.8 Å². The van der Waals surface area contributed by atoms with Gasteiger partial charge in [0.15, 0.2) is 0 Å². The van der Waals surface area contributed by atoms with E-state index < -0.39 is 15.8 Å². The zero-order chi connectivity index (χ0) is 14.6. The second-order valence-corrected chi connectivity index (χ2v) is 6.44. The van der Waals surface area contributed by atoms with Gasteiger partial charge in [0.05, 0.1) is 24.7 Å². The Kier molecular flexibility index (Phi) is 4.71. The van der Waals surface area contributed by atoms with Gasteiger partial charge in [0.1, 0.15) is 21.2 Å². The fraction of sp³-hybridized carbons (Fsp3) is 0.455. The molecule has 0 atom stereocenters. The molecule has 7 nitrogen and oxygen atoms in total. The number of sulfone groups is 1. The van der Waals surface area contributed by atoms with E-state index in [1.54, 1.807) is 11.9 Å². The van der Waals surface area contributed by atoms with Crippen molar-refractivity contribution in [2.45, 2.75) is 0 Å². The van der Waals surface area contributed by atoms with Gasteiger partial charge >= 0.3 is 5.97 Å². The number of carbonyl (C=O) groups excluding carboxylic acids is 1. The van der Waals surface area contributed by atoms with Crippen LogP contribution in [0.5, 0.6) is 0 Å². The first-order valence-electron chi connectivity index (χ1n) is 5.47. The van der Waals surface area contributed by atoms with Crippen molar-refractivity contribution in [1.29, 1.82) is 0 Å². The molecule has 106 valence electrons. The van der Waals surface area contributed by atoms with Crippen molar-refractivity contribution >= 4 is 27.3 Å². The van der Waals surface area contributed by atoms with E-state index >= 15 is 0 Å². The molecular formula is C11H17N3O4S. The standard InChI is InChI=1S/C11H17N3O4S/c1-14(4-5-19(3,16)17)10-9(11(15)18-2)6-8(12)7-13-10/h6-7H,4-5,12H2,1-3H3. The summed E-state index contributed by atoms with van der Waals surface area (Å²) in [6, 6.07) is 1.45. The smallest absolute Gasteiger partial charge is 0.341 e. The van der Waals surface area contributed by atoms with Crippen LogP contribution in [0.15, 0.2) is 12.3 Å². The third-order valence-electron chi connectivity index (χ3n) is 2.45. The Labute approximate surface area is 112 Å². The van der Waals surface area contributed by atoms with E-state index in [1.807, 2.05) is 0 Å². The number of pyridine rings is 1. The predicted octanol–water partition coefficient (Wildman–Crippen LogP) is -0.0688. The quantitative estimate of drug-likeness (QED) is 0.756. The van der Waals surface area contributed by atoms with E-state index in [-0.39, 0.29) is 17.9 Å². The van der Waals surface area contributed by atoms with E-state index in [1.165, 1.54) is 19.4 Å².